The van der Waals surface area contributed by atoms with Crippen molar-refractivity contribution in [2.75, 3.05) is 6.54 Å². The summed E-state index contributed by atoms with van der Waals surface area (Å²) in [5.41, 5.74) is 1.89. The molecule has 3 atom stereocenters. The maximum atomic E-state index is 13.5. The Balaban J connectivity index is 1.84. The van der Waals surface area contributed by atoms with E-state index in [1.165, 1.54) is 28.8 Å². The van der Waals surface area contributed by atoms with Crippen molar-refractivity contribution in [1.82, 2.24) is 10.2 Å². The van der Waals surface area contributed by atoms with Crippen LogP contribution in [0.4, 0.5) is 4.39 Å². The van der Waals surface area contributed by atoms with Crippen LogP contribution in [0.3, 0.4) is 0 Å². The van der Waals surface area contributed by atoms with Gasteiger partial charge in [-0.25, -0.2) is 9.18 Å². The number of esters is 1. The van der Waals surface area contributed by atoms with Gasteiger partial charge >= 0.3 is 5.97 Å². The summed E-state index contributed by atoms with van der Waals surface area (Å²) in [6.07, 6.45) is -1.86. The van der Waals surface area contributed by atoms with Crippen molar-refractivity contribution in [2.24, 2.45) is 5.92 Å². The van der Waals surface area contributed by atoms with Crippen LogP contribution >= 0.6 is 11.8 Å². The third-order valence-corrected chi connectivity index (χ3v) is 7.19. The minimum Gasteiger partial charge on any atom is -0.461 e. The van der Waals surface area contributed by atoms with Gasteiger partial charge in [0.1, 0.15) is 12.4 Å². The number of thioether (sulfide) groups is 1. The lowest BCUT2D eigenvalue weighted by Gasteiger charge is -2.34. The molecular weight excluding hydrogens is 495 g/mol. The van der Waals surface area contributed by atoms with Gasteiger partial charge < -0.3 is 20.1 Å². The van der Waals surface area contributed by atoms with Crippen LogP contribution in [0.15, 0.2) is 60.0 Å². The Labute approximate surface area is 221 Å². The van der Waals surface area contributed by atoms with Gasteiger partial charge in [-0.05, 0) is 67.0 Å². The molecule has 9 heteroatoms. The van der Waals surface area contributed by atoms with Crippen LogP contribution in [-0.4, -0.2) is 57.8 Å². The maximum absolute atomic E-state index is 13.5. The van der Waals surface area contributed by atoms with E-state index in [-0.39, 0.29) is 30.0 Å². The molecular formula is C28H33FN2O5S. The van der Waals surface area contributed by atoms with Gasteiger partial charge in [-0.2, -0.15) is 0 Å². The first-order chi connectivity index (χ1) is 17.6. The van der Waals surface area contributed by atoms with Gasteiger partial charge in [0.25, 0.3) is 0 Å². The summed E-state index contributed by atoms with van der Waals surface area (Å²) in [6.45, 7) is 6.87. The van der Waals surface area contributed by atoms with Crippen molar-refractivity contribution in [3.63, 3.8) is 0 Å². The molecule has 0 saturated carbocycles. The Kier molecular flexibility index (Phi) is 9.88. The molecule has 2 aromatic rings. The molecule has 2 unspecified atom stereocenters. The van der Waals surface area contributed by atoms with Crippen LogP contribution in [0, 0.1) is 11.7 Å². The van der Waals surface area contributed by atoms with E-state index in [0.717, 1.165) is 5.56 Å². The molecule has 1 heterocycles. The first kappa shape index (κ1) is 28.4. The first-order valence-corrected chi connectivity index (χ1v) is 13.2. The van der Waals surface area contributed by atoms with Crippen LogP contribution in [-0.2, 0) is 25.5 Å². The molecule has 3 rings (SSSR count). The number of nitrogens with one attached hydrogen (secondary N) is 1. The van der Waals surface area contributed by atoms with E-state index in [1.807, 2.05) is 49.6 Å². The monoisotopic (exact) mass is 528 g/mol. The quantitative estimate of drug-likeness (QED) is 0.456. The Hall–Kier alpha value is -3.17. The minimum absolute atomic E-state index is 0.0209. The highest BCUT2D eigenvalue weighted by Gasteiger charge is 2.36. The van der Waals surface area contributed by atoms with E-state index in [2.05, 4.69) is 5.32 Å². The second-order valence-electron chi connectivity index (χ2n) is 9.53. The summed E-state index contributed by atoms with van der Waals surface area (Å²) in [6, 6.07) is 13.9. The zero-order valence-corrected chi connectivity index (χ0v) is 22.2. The topological polar surface area (TPSA) is 95.9 Å². The zero-order chi connectivity index (χ0) is 27.1. The average molecular weight is 529 g/mol. The number of ether oxygens (including phenoxy) is 1. The molecule has 1 aliphatic rings. The number of hydrogen-bond acceptors (Lipinski definition) is 6. The van der Waals surface area contributed by atoms with E-state index >= 15 is 0 Å². The second kappa shape index (κ2) is 12.9. The van der Waals surface area contributed by atoms with E-state index in [1.54, 1.807) is 26.0 Å². The number of rotatable bonds is 10. The number of hydrogen-bond donors (Lipinski definition) is 2. The molecule has 0 aliphatic carbocycles. The number of amides is 2. The maximum Gasteiger partial charge on any atom is 0.337 e. The van der Waals surface area contributed by atoms with E-state index in [9.17, 15) is 23.9 Å². The molecule has 2 amide bonds. The number of benzene rings is 2. The number of halogens is 1. The highest BCUT2D eigenvalue weighted by molar-refractivity contribution is 8.03. The molecule has 0 radical (unpaired) electrons. The largest absolute Gasteiger partial charge is 0.461 e. The minimum atomic E-state index is -1.60. The molecule has 37 heavy (non-hydrogen) atoms. The molecule has 2 aromatic carbocycles. The molecule has 0 saturated heterocycles. The van der Waals surface area contributed by atoms with Crippen molar-refractivity contribution in [3.05, 3.63) is 76.9 Å². The standard InChI is InChI=1S/C28H33FN2O5S/c1-17(2)26-27(34)31(23(16-37-26)20-10-12-21(29)13-11-20)15-24(32)30-22(14-19-8-6-5-7-9-19)25(33)28(35)36-18(3)4/h5-13,16-18,22,25-26,33H,14-15H2,1-4H3,(H,30,32)/t22-,25?,26?/m0/s1. The predicted octanol–water partition coefficient (Wildman–Crippen LogP) is 3.76. The molecule has 2 N–H and O–H groups in total. The SMILES string of the molecule is CC(C)OC(=O)C(O)[C@H](Cc1ccccc1)NC(=O)CN1C(=O)C(C(C)C)SC=C1c1ccc(F)cc1. The molecule has 0 aromatic heterocycles. The molecule has 198 valence electrons. The summed E-state index contributed by atoms with van der Waals surface area (Å²) >= 11 is 1.37. The lowest BCUT2D eigenvalue weighted by Crippen LogP contribution is -2.53. The average Bonchev–Trinajstić information content (AvgIpc) is 2.85. The van der Waals surface area contributed by atoms with Gasteiger partial charge in [0.2, 0.25) is 11.8 Å². The van der Waals surface area contributed by atoms with Crippen LogP contribution < -0.4 is 5.32 Å². The third-order valence-electron chi connectivity index (χ3n) is 5.79. The van der Waals surface area contributed by atoms with Gasteiger partial charge in [-0.1, -0.05) is 44.2 Å². The highest BCUT2D eigenvalue weighted by Crippen LogP contribution is 2.35. The lowest BCUT2D eigenvalue weighted by atomic mass is 10.0. The van der Waals surface area contributed by atoms with Crippen molar-refractivity contribution in [3.8, 4) is 0 Å². The van der Waals surface area contributed by atoms with Gasteiger partial charge in [-0.15, -0.1) is 11.8 Å². The fraction of sp³-hybridized carbons (Fsp3) is 0.393. The van der Waals surface area contributed by atoms with Crippen LogP contribution in [0.1, 0.15) is 38.8 Å². The van der Waals surface area contributed by atoms with Crippen LogP contribution in [0.2, 0.25) is 0 Å². The van der Waals surface area contributed by atoms with E-state index in [0.29, 0.717) is 11.3 Å². The summed E-state index contributed by atoms with van der Waals surface area (Å²) < 4.78 is 18.7. The van der Waals surface area contributed by atoms with Crippen molar-refractivity contribution in [2.45, 2.75) is 57.6 Å². The predicted molar refractivity (Wildman–Crippen MR) is 142 cm³/mol. The summed E-state index contributed by atoms with van der Waals surface area (Å²) in [7, 11) is 0. The fourth-order valence-electron chi connectivity index (χ4n) is 3.95. The number of carbonyl (C=O) groups excluding carboxylic acids is 3. The van der Waals surface area contributed by atoms with Crippen molar-refractivity contribution < 1.29 is 28.6 Å². The summed E-state index contributed by atoms with van der Waals surface area (Å²) in [5.74, 6) is -2.01. The number of nitrogens with zero attached hydrogens (tertiary/aromatic N) is 1. The lowest BCUT2D eigenvalue weighted by molar-refractivity contribution is -0.159. The van der Waals surface area contributed by atoms with Crippen molar-refractivity contribution >= 4 is 35.2 Å². The molecule has 7 nitrogen and oxygen atoms in total. The van der Waals surface area contributed by atoms with E-state index in [4.69, 9.17) is 4.74 Å². The van der Waals surface area contributed by atoms with Crippen LogP contribution in [0.5, 0.6) is 0 Å². The van der Waals surface area contributed by atoms with Gasteiger partial charge in [0.05, 0.1) is 23.1 Å². The van der Waals surface area contributed by atoms with Gasteiger partial charge in [-0.3, -0.25) is 9.59 Å². The molecule has 0 fully saturated rings. The fourth-order valence-corrected chi connectivity index (χ4v) is 5.05. The summed E-state index contributed by atoms with van der Waals surface area (Å²) in [5, 5.41) is 14.9. The Morgan fingerprint density at radius 3 is 2.32 bits per heavy atom. The normalized spacial score (nSPS) is 17.4. The van der Waals surface area contributed by atoms with Gasteiger partial charge in [0.15, 0.2) is 6.10 Å². The molecule has 0 spiro atoms. The number of aliphatic hydroxyl groups excluding tert-OH is 1. The highest BCUT2D eigenvalue weighted by atomic mass is 32.2. The Morgan fingerprint density at radius 2 is 1.73 bits per heavy atom. The Bertz CT molecular complexity index is 1120. The van der Waals surface area contributed by atoms with E-state index < -0.39 is 35.9 Å². The zero-order valence-electron chi connectivity index (χ0n) is 21.4. The third kappa shape index (κ3) is 7.66. The second-order valence-corrected chi connectivity index (χ2v) is 10.5. The number of aliphatic hydroxyl groups is 1. The first-order valence-electron chi connectivity index (χ1n) is 12.2. The summed E-state index contributed by atoms with van der Waals surface area (Å²) in [4.78, 5) is 40.5. The Morgan fingerprint density at radius 1 is 1.08 bits per heavy atom. The van der Waals surface area contributed by atoms with Crippen molar-refractivity contribution in [1.29, 1.82) is 0 Å². The smallest absolute Gasteiger partial charge is 0.337 e. The molecule has 0 bridgehead atoms. The number of carbonyl (C=O) groups is 3. The van der Waals surface area contributed by atoms with Gasteiger partial charge in [0, 0.05) is 0 Å². The van der Waals surface area contributed by atoms with Crippen LogP contribution in [0.25, 0.3) is 5.70 Å². The molecule has 1 aliphatic heterocycles.